The molecule has 4 amide bonds. The molecule has 2 fully saturated rings. The van der Waals surface area contributed by atoms with Crippen LogP contribution >= 0.6 is 39.3 Å². The minimum Gasteiger partial charge on any atom is -0.483 e. The number of benzene rings is 2. The van der Waals surface area contributed by atoms with Gasteiger partial charge in [-0.3, -0.25) is 24.1 Å². The van der Waals surface area contributed by atoms with E-state index in [2.05, 4.69) is 21.2 Å². The van der Waals surface area contributed by atoms with Gasteiger partial charge in [-0.2, -0.15) is 0 Å². The zero-order chi connectivity index (χ0) is 26.5. The van der Waals surface area contributed by atoms with Crippen molar-refractivity contribution in [3.05, 3.63) is 61.9 Å². The number of amides is 4. The van der Waals surface area contributed by atoms with E-state index in [1.165, 1.54) is 0 Å². The number of halogens is 2. The first-order valence-electron chi connectivity index (χ1n) is 11.3. The Morgan fingerprint density at radius 2 is 1.95 bits per heavy atom. The predicted octanol–water partition coefficient (Wildman–Crippen LogP) is 4.32. The number of imide groups is 1. The fourth-order valence-corrected chi connectivity index (χ4v) is 5.10. The third kappa shape index (κ3) is 6.92. The second-order valence-corrected chi connectivity index (χ2v) is 10.5. The molecule has 37 heavy (non-hydrogen) atoms. The molecule has 2 aromatic carbocycles. The van der Waals surface area contributed by atoms with Gasteiger partial charge in [-0.05, 0) is 76.1 Å². The van der Waals surface area contributed by atoms with Crippen molar-refractivity contribution in [2.75, 3.05) is 44.8 Å². The van der Waals surface area contributed by atoms with Crippen LogP contribution in [-0.4, -0.2) is 72.2 Å². The fourth-order valence-electron chi connectivity index (χ4n) is 3.57. The van der Waals surface area contributed by atoms with Crippen molar-refractivity contribution >= 4 is 74.0 Å². The van der Waals surface area contributed by atoms with Crippen LogP contribution in [0.15, 0.2) is 45.8 Å². The average Bonchev–Trinajstić information content (AvgIpc) is 3.13. The van der Waals surface area contributed by atoms with Crippen LogP contribution in [0.1, 0.15) is 11.1 Å². The van der Waals surface area contributed by atoms with Gasteiger partial charge in [0.2, 0.25) is 5.91 Å². The summed E-state index contributed by atoms with van der Waals surface area (Å²) in [7, 11) is 0. The van der Waals surface area contributed by atoms with Crippen molar-refractivity contribution in [1.29, 1.82) is 0 Å². The highest BCUT2D eigenvalue weighted by Crippen LogP contribution is 2.34. The van der Waals surface area contributed by atoms with Crippen LogP contribution in [0.3, 0.4) is 0 Å². The summed E-state index contributed by atoms with van der Waals surface area (Å²) in [6.07, 6.45) is 1.58. The van der Waals surface area contributed by atoms with E-state index in [1.54, 1.807) is 41.3 Å². The summed E-state index contributed by atoms with van der Waals surface area (Å²) in [5.74, 6) is -0.721. The van der Waals surface area contributed by atoms with Gasteiger partial charge in [0.1, 0.15) is 12.3 Å². The van der Waals surface area contributed by atoms with Crippen LogP contribution in [0.4, 0.5) is 10.5 Å². The zero-order valence-electron chi connectivity index (χ0n) is 19.8. The number of anilines is 1. The lowest BCUT2D eigenvalue weighted by molar-refractivity contribution is -0.139. The second-order valence-electron chi connectivity index (χ2n) is 8.25. The Balaban J connectivity index is 1.34. The fraction of sp³-hybridized carbons (Fsp3) is 0.280. The maximum Gasteiger partial charge on any atom is 0.294 e. The van der Waals surface area contributed by atoms with Crippen LogP contribution < -0.4 is 10.1 Å². The molecule has 4 rings (SSSR count). The van der Waals surface area contributed by atoms with Crippen molar-refractivity contribution in [2.24, 2.45) is 0 Å². The Morgan fingerprint density at radius 1 is 1.19 bits per heavy atom. The molecule has 0 aromatic heterocycles. The molecule has 0 radical (unpaired) electrons. The second kappa shape index (κ2) is 12.1. The van der Waals surface area contributed by atoms with Crippen LogP contribution in [0.25, 0.3) is 6.08 Å². The highest BCUT2D eigenvalue weighted by molar-refractivity contribution is 9.10. The molecule has 2 saturated heterocycles. The molecule has 2 aliphatic rings. The van der Waals surface area contributed by atoms with Crippen LogP contribution in [0, 0.1) is 6.92 Å². The molecular formula is C25H23BrClN3O6S. The van der Waals surface area contributed by atoms with Gasteiger partial charge in [-0.1, -0.05) is 23.7 Å². The van der Waals surface area contributed by atoms with Crippen molar-refractivity contribution in [1.82, 2.24) is 9.80 Å². The van der Waals surface area contributed by atoms with Crippen molar-refractivity contribution in [3.63, 3.8) is 0 Å². The minimum atomic E-state index is -0.513. The molecule has 2 aliphatic heterocycles. The lowest BCUT2D eigenvalue weighted by atomic mass is 10.2. The first-order chi connectivity index (χ1) is 17.7. The van der Waals surface area contributed by atoms with Gasteiger partial charge in [0.05, 0.1) is 22.6 Å². The summed E-state index contributed by atoms with van der Waals surface area (Å²) in [5, 5.41) is 2.79. The van der Waals surface area contributed by atoms with Gasteiger partial charge in [0.15, 0.2) is 6.61 Å². The van der Waals surface area contributed by atoms with E-state index in [1.807, 2.05) is 13.0 Å². The Hall–Kier alpha value is -2.86. The molecular weight excluding hydrogens is 586 g/mol. The third-order valence-electron chi connectivity index (χ3n) is 5.60. The topological polar surface area (TPSA) is 105 Å². The Labute approximate surface area is 231 Å². The highest BCUT2D eigenvalue weighted by atomic mass is 79.9. The lowest BCUT2D eigenvalue weighted by Crippen LogP contribution is -2.46. The van der Waals surface area contributed by atoms with E-state index < -0.39 is 11.1 Å². The van der Waals surface area contributed by atoms with Crippen molar-refractivity contribution in [3.8, 4) is 5.75 Å². The van der Waals surface area contributed by atoms with E-state index in [0.717, 1.165) is 22.2 Å². The lowest BCUT2D eigenvalue weighted by Gasteiger charge is -2.28. The number of rotatable bonds is 7. The molecule has 2 heterocycles. The Bertz CT molecular complexity index is 1280. The summed E-state index contributed by atoms with van der Waals surface area (Å²) >= 11 is 10.3. The van der Waals surface area contributed by atoms with Crippen LogP contribution in [-0.2, 0) is 19.1 Å². The van der Waals surface area contributed by atoms with Gasteiger partial charge in [-0.15, -0.1) is 0 Å². The number of morpholine rings is 1. The molecule has 1 N–H and O–H groups in total. The summed E-state index contributed by atoms with van der Waals surface area (Å²) < 4.78 is 11.4. The van der Waals surface area contributed by atoms with Crippen LogP contribution in [0.2, 0.25) is 5.02 Å². The quantitative estimate of drug-likeness (QED) is 0.467. The highest BCUT2D eigenvalue weighted by Gasteiger charge is 2.37. The first-order valence-corrected chi connectivity index (χ1v) is 13.3. The van der Waals surface area contributed by atoms with Crippen molar-refractivity contribution < 1.29 is 28.7 Å². The number of aryl methyl sites for hydroxylation is 1. The average molecular weight is 609 g/mol. The monoisotopic (exact) mass is 607 g/mol. The number of hydrogen-bond acceptors (Lipinski definition) is 7. The first kappa shape index (κ1) is 27.2. The molecule has 0 aliphatic carbocycles. The number of thioether (sulfide) groups is 1. The number of carbonyl (C=O) groups is 4. The van der Waals surface area contributed by atoms with Gasteiger partial charge < -0.3 is 19.7 Å². The molecule has 2 aromatic rings. The van der Waals surface area contributed by atoms with Crippen LogP contribution in [0.5, 0.6) is 5.75 Å². The Morgan fingerprint density at radius 3 is 2.65 bits per heavy atom. The molecule has 0 bridgehead atoms. The number of hydrogen-bond donors (Lipinski definition) is 1. The molecule has 12 heteroatoms. The SMILES string of the molecule is Cc1ccc(NC(=O)COc2ccc(/C=C3\SC(=O)N(CC(=O)N4CCOCC4)C3=O)cc2Br)cc1Cl. The maximum atomic E-state index is 12.8. The zero-order valence-corrected chi connectivity index (χ0v) is 23.0. The van der Waals surface area contributed by atoms with E-state index in [9.17, 15) is 19.2 Å². The van der Waals surface area contributed by atoms with Gasteiger partial charge >= 0.3 is 0 Å². The van der Waals surface area contributed by atoms with Crippen molar-refractivity contribution in [2.45, 2.75) is 6.92 Å². The van der Waals surface area contributed by atoms with Gasteiger partial charge in [0.25, 0.3) is 17.1 Å². The number of ether oxygens (including phenoxy) is 2. The van der Waals surface area contributed by atoms with Gasteiger partial charge in [0, 0.05) is 23.8 Å². The van der Waals surface area contributed by atoms with E-state index in [0.29, 0.717) is 52.8 Å². The molecule has 194 valence electrons. The Kier molecular flexibility index (Phi) is 8.91. The summed E-state index contributed by atoms with van der Waals surface area (Å²) in [6.45, 7) is 3.11. The summed E-state index contributed by atoms with van der Waals surface area (Å²) in [6, 6.07) is 10.3. The molecule has 9 nitrogen and oxygen atoms in total. The van der Waals surface area contributed by atoms with Gasteiger partial charge in [-0.25, -0.2) is 0 Å². The summed E-state index contributed by atoms with van der Waals surface area (Å²) in [4.78, 5) is 52.7. The molecule has 0 spiro atoms. The van der Waals surface area contributed by atoms with E-state index in [-0.39, 0.29) is 29.9 Å². The standard InChI is InChI=1S/C25H23BrClN3O6S/c1-15-2-4-17(12-19(15)27)28-22(31)14-36-20-5-3-16(10-18(20)26)11-21-24(33)30(25(34)37-21)13-23(32)29-6-8-35-9-7-29/h2-5,10-12H,6-9,13-14H2,1H3,(H,28,31)/b21-11-. The maximum absolute atomic E-state index is 12.8. The molecule has 0 unspecified atom stereocenters. The molecule has 0 saturated carbocycles. The van der Waals surface area contributed by atoms with E-state index >= 15 is 0 Å². The largest absolute Gasteiger partial charge is 0.483 e. The summed E-state index contributed by atoms with van der Waals surface area (Å²) in [5.41, 5.74) is 2.12. The minimum absolute atomic E-state index is 0.219. The smallest absolute Gasteiger partial charge is 0.294 e. The predicted molar refractivity (Wildman–Crippen MR) is 145 cm³/mol. The number of nitrogens with one attached hydrogen (secondary N) is 1. The third-order valence-corrected chi connectivity index (χ3v) is 7.53. The number of carbonyl (C=O) groups excluding carboxylic acids is 4. The van der Waals surface area contributed by atoms with E-state index in [4.69, 9.17) is 21.1 Å². The molecule has 0 atom stereocenters. The number of nitrogens with zero attached hydrogens (tertiary/aromatic N) is 2. The normalized spacial score (nSPS) is 16.9.